The van der Waals surface area contributed by atoms with Gasteiger partial charge in [0.1, 0.15) is 5.75 Å². The number of nitrogens with one attached hydrogen (secondary N) is 2. The number of likely N-dealkylation sites (N-methyl/N-ethyl adjacent to an activating group) is 1. The van der Waals surface area contributed by atoms with Crippen LogP contribution in [0.5, 0.6) is 5.75 Å². The van der Waals surface area contributed by atoms with Gasteiger partial charge in [-0.15, -0.1) is 0 Å². The summed E-state index contributed by atoms with van der Waals surface area (Å²) in [7, 11) is 3.47. The van der Waals surface area contributed by atoms with Crippen LogP contribution >= 0.6 is 0 Å². The molecule has 0 aliphatic rings. The highest BCUT2D eigenvalue weighted by Crippen LogP contribution is 2.17. The zero-order valence-corrected chi connectivity index (χ0v) is 11.6. The van der Waals surface area contributed by atoms with E-state index in [9.17, 15) is 4.79 Å². The average molecular weight is 274 g/mol. The molecule has 0 unspecified atom stereocenters. The monoisotopic (exact) mass is 274 g/mol. The molecule has 0 atom stereocenters. The molecule has 0 aliphatic carbocycles. The van der Waals surface area contributed by atoms with Gasteiger partial charge in [-0.25, -0.2) is 0 Å². The molecule has 0 bridgehead atoms. The van der Waals surface area contributed by atoms with E-state index in [2.05, 4.69) is 15.7 Å². The second-order valence-electron chi connectivity index (χ2n) is 4.37. The molecule has 2 aromatic rings. The smallest absolute Gasteiger partial charge is 0.257 e. The van der Waals surface area contributed by atoms with Gasteiger partial charge in [-0.2, -0.15) is 5.10 Å². The van der Waals surface area contributed by atoms with Crippen LogP contribution in [0, 0.1) is 0 Å². The minimum absolute atomic E-state index is 0.0164. The Balaban J connectivity index is 1.90. The predicted molar refractivity (Wildman–Crippen MR) is 76.5 cm³/mol. The highest BCUT2D eigenvalue weighted by molar-refractivity contribution is 5.77. The second-order valence-corrected chi connectivity index (χ2v) is 4.37. The molecule has 0 spiro atoms. The Hall–Kier alpha value is -2.50. The zero-order valence-electron chi connectivity index (χ0n) is 11.6. The quantitative estimate of drug-likeness (QED) is 0.829. The summed E-state index contributed by atoms with van der Waals surface area (Å²) in [5, 5.41) is 9.90. The standard InChI is InChI=1S/C14H18N4O2/c1-15-14(19)10-20-13-5-3-4-12(6-13)16-7-11-8-17-18(2)9-11/h3-6,8-9,16H,7,10H2,1-2H3,(H,15,19). The molecule has 0 saturated heterocycles. The molecule has 1 aromatic carbocycles. The van der Waals surface area contributed by atoms with Crippen LogP contribution in [-0.2, 0) is 18.4 Å². The van der Waals surface area contributed by atoms with E-state index in [1.165, 1.54) is 0 Å². The molecule has 1 heterocycles. The number of carbonyl (C=O) groups excluding carboxylic acids is 1. The fourth-order valence-corrected chi connectivity index (χ4v) is 1.68. The number of carbonyl (C=O) groups is 1. The van der Waals surface area contributed by atoms with Crippen LogP contribution in [0.15, 0.2) is 36.7 Å². The van der Waals surface area contributed by atoms with Gasteiger partial charge in [-0.1, -0.05) is 6.07 Å². The summed E-state index contributed by atoms with van der Waals surface area (Å²) in [6.07, 6.45) is 3.78. The van der Waals surface area contributed by atoms with Gasteiger partial charge in [0.15, 0.2) is 6.61 Å². The summed E-state index contributed by atoms with van der Waals surface area (Å²) in [6.45, 7) is 0.704. The van der Waals surface area contributed by atoms with Gasteiger partial charge in [0, 0.05) is 44.2 Å². The summed E-state index contributed by atoms with van der Waals surface area (Å²) in [5.41, 5.74) is 2.03. The predicted octanol–water partition coefficient (Wildman–Crippen LogP) is 1.16. The van der Waals surface area contributed by atoms with Crippen LogP contribution < -0.4 is 15.4 Å². The molecule has 1 amide bonds. The van der Waals surface area contributed by atoms with E-state index in [-0.39, 0.29) is 12.5 Å². The fraction of sp³-hybridized carbons (Fsp3) is 0.286. The number of amides is 1. The number of benzene rings is 1. The number of nitrogens with zero attached hydrogens (tertiary/aromatic N) is 2. The van der Waals surface area contributed by atoms with Gasteiger partial charge in [0.05, 0.1) is 6.20 Å². The van der Waals surface area contributed by atoms with Crippen LogP contribution in [0.3, 0.4) is 0 Å². The molecule has 106 valence electrons. The van der Waals surface area contributed by atoms with Gasteiger partial charge in [-0.3, -0.25) is 9.48 Å². The van der Waals surface area contributed by atoms with Crippen LogP contribution in [0.4, 0.5) is 5.69 Å². The summed E-state index contributed by atoms with van der Waals surface area (Å²) >= 11 is 0. The van der Waals surface area contributed by atoms with E-state index in [0.717, 1.165) is 11.3 Å². The maximum Gasteiger partial charge on any atom is 0.257 e. The molecule has 0 saturated carbocycles. The van der Waals surface area contributed by atoms with Crippen molar-refractivity contribution in [1.29, 1.82) is 0 Å². The molecule has 2 rings (SSSR count). The number of hydrogen-bond donors (Lipinski definition) is 2. The first-order chi connectivity index (χ1) is 9.67. The minimum Gasteiger partial charge on any atom is -0.484 e. The van der Waals surface area contributed by atoms with Crippen molar-refractivity contribution in [2.45, 2.75) is 6.54 Å². The van der Waals surface area contributed by atoms with E-state index < -0.39 is 0 Å². The third-order valence-electron chi connectivity index (χ3n) is 2.74. The lowest BCUT2D eigenvalue weighted by molar-refractivity contribution is -0.122. The average Bonchev–Trinajstić information content (AvgIpc) is 2.88. The molecular formula is C14H18N4O2. The highest BCUT2D eigenvalue weighted by atomic mass is 16.5. The SMILES string of the molecule is CNC(=O)COc1cccc(NCc2cnn(C)c2)c1. The van der Waals surface area contributed by atoms with Crippen LogP contribution in [0.1, 0.15) is 5.56 Å². The minimum atomic E-state index is -0.154. The Morgan fingerprint density at radius 1 is 1.45 bits per heavy atom. The van der Waals surface area contributed by atoms with Gasteiger partial charge >= 0.3 is 0 Å². The Kier molecular flexibility index (Phi) is 4.60. The van der Waals surface area contributed by atoms with E-state index >= 15 is 0 Å². The third kappa shape index (κ3) is 4.01. The van der Waals surface area contributed by atoms with Crippen molar-refractivity contribution in [3.8, 4) is 5.75 Å². The molecule has 6 nitrogen and oxygen atoms in total. The van der Waals surface area contributed by atoms with Gasteiger partial charge in [0.2, 0.25) is 0 Å². The summed E-state index contributed by atoms with van der Waals surface area (Å²) < 4.78 is 7.15. The lowest BCUT2D eigenvalue weighted by Gasteiger charge is -2.08. The number of ether oxygens (including phenoxy) is 1. The van der Waals surface area contributed by atoms with Crippen LogP contribution in [-0.4, -0.2) is 29.3 Å². The van der Waals surface area contributed by atoms with Crippen LogP contribution in [0.2, 0.25) is 0 Å². The Bertz CT molecular complexity index is 580. The number of anilines is 1. The maximum absolute atomic E-state index is 11.1. The third-order valence-corrected chi connectivity index (χ3v) is 2.74. The van der Waals surface area contributed by atoms with Crippen molar-refractivity contribution in [3.63, 3.8) is 0 Å². The first-order valence-corrected chi connectivity index (χ1v) is 6.32. The molecule has 1 aromatic heterocycles. The van der Waals surface area contributed by atoms with Crippen LogP contribution in [0.25, 0.3) is 0 Å². The van der Waals surface area contributed by atoms with E-state index in [0.29, 0.717) is 12.3 Å². The maximum atomic E-state index is 11.1. The van der Waals surface area contributed by atoms with Crippen molar-refractivity contribution in [2.75, 3.05) is 19.0 Å². The number of aromatic nitrogens is 2. The topological polar surface area (TPSA) is 68.2 Å². The fourth-order valence-electron chi connectivity index (χ4n) is 1.68. The summed E-state index contributed by atoms with van der Waals surface area (Å²) in [5.74, 6) is 0.503. The second kappa shape index (κ2) is 6.60. The zero-order chi connectivity index (χ0) is 14.4. The Morgan fingerprint density at radius 2 is 2.30 bits per heavy atom. The first-order valence-electron chi connectivity index (χ1n) is 6.32. The van der Waals surface area contributed by atoms with Crippen molar-refractivity contribution < 1.29 is 9.53 Å². The first kappa shape index (κ1) is 13.9. The Morgan fingerprint density at radius 3 is 3.00 bits per heavy atom. The largest absolute Gasteiger partial charge is 0.484 e. The van der Waals surface area contributed by atoms with E-state index in [1.807, 2.05) is 43.7 Å². The normalized spacial score (nSPS) is 10.1. The summed E-state index contributed by atoms with van der Waals surface area (Å²) in [6, 6.07) is 7.51. The van der Waals surface area contributed by atoms with Gasteiger partial charge in [0.25, 0.3) is 5.91 Å². The van der Waals surface area contributed by atoms with E-state index in [1.54, 1.807) is 11.7 Å². The molecule has 0 fully saturated rings. The highest BCUT2D eigenvalue weighted by Gasteiger charge is 2.01. The lowest BCUT2D eigenvalue weighted by Crippen LogP contribution is -2.24. The molecular weight excluding hydrogens is 256 g/mol. The van der Waals surface area contributed by atoms with Gasteiger partial charge < -0.3 is 15.4 Å². The summed E-state index contributed by atoms with van der Waals surface area (Å²) in [4.78, 5) is 11.1. The number of hydrogen-bond acceptors (Lipinski definition) is 4. The Labute approximate surface area is 117 Å². The molecule has 20 heavy (non-hydrogen) atoms. The number of rotatable bonds is 6. The molecule has 0 radical (unpaired) electrons. The molecule has 6 heteroatoms. The number of aryl methyl sites for hydroxylation is 1. The lowest BCUT2D eigenvalue weighted by atomic mass is 10.3. The molecule has 0 aliphatic heterocycles. The van der Waals surface area contributed by atoms with Crippen molar-refractivity contribution in [1.82, 2.24) is 15.1 Å². The molecule has 2 N–H and O–H groups in total. The van der Waals surface area contributed by atoms with E-state index in [4.69, 9.17) is 4.74 Å². The van der Waals surface area contributed by atoms with Crippen molar-refractivity contribution in [3.05, 3.63) is 42.2 Å². The van der Waals surface area contributed by atoms with Gasteiger partial charge in [-0.05, 0) is 12.1 Å². The van der Waals surface area contributed by atoms with Crippen molar-refractivity contribution in [2.24, 2.45) is 7.05 Å². The van der Waals surface area contributed by atoms with Crippen molar-refractivity contribution >= 4 is 11.6 Å².